The quantitative estimate of drug-likeness (QED) is 0.0663. The third kappa shape index (κ3) is 6.84. The molecule has 0 atom stereocenters. The van der Waals surface area contributed by atoms with Gasteiger partial charge in [0.15, 0.2) is 5.76 Å². The van der Waals surface area contributed by atoms with Crippen LogP contribution in [0.2, 0.25) is 15.1 Å². The highest BCUT2D eigenvalue weighted by molar-refractivity contribution is 6.31. The van der Waals surface area contributed by atoms with E-state index in [9.17, 15) is 4.79 Å². The normalized spacial score (nSPS) is 11.6. The maximum atomic E-state index is 13.3. The molecule has 4 aromatic carbocycles. The lowest BCUT2D eigenvalue weighted by Crippen LogP contribution is -2.09. The Balaban J connectivity index is 1.33. The van der Waals surface area contributed by atoms with Crippen LogP contribution in [-0.2, 0) is 0 Å². The minimum absolute atomic E-state index is 0.160. The number of nitrogens with one attached hydrogen (secondary N) is 1. The number of hydrogen-bond acceptors (Lipinski definition) is 5. The molecular formula is C31H20Cl3N3O2. The number of Topliss-reactive ketones (excluding diaryl/α,β-unsaturated/α-hetero) is 1. The smallest absolute Gasteiger partial charge is 0.228 e. The average molecular weight is 573 g/mol. The van der Waals surface area contributed by atoms with Crippen molar-refractivity contribution in [3.05, 3.63) is 141 Å². The second-order valence-corrected chi connectivity index (χ2v) is 9.77. The van der Waals surface area contributed by atoms with Crippen LogP contribution in [-0.4, -0.2) is 17.0 Å². The number of fused-ring (bicyclic) bond motifs is 1. The fraction of sp³-hybridized carbons (Fsp3) is 0. The molecule has 5 rings (SSSR count). The Hall–Kier alpha value is -4.16. The molecule has 0 aliphatic carbocycles. The minimum Gasteiger partial charge on any atom is -0.453 e. The number of hydrazone groups is 1. The fourth-order valence-electron chi connectivity index (χ4n) is 3.74. The zero-order valence-corrected chi connectivity index (χ0v) is 22.6. The molecular weight excluding hydrogens is 553 g/mol. The Morgan fingerprint density at radius 3 is 2.13 bits per heavy atom. The summed E-state index contributed by atoms with van der Waals surface area (Å²) < 4.78 is 6.05. The third-order valence-electron chi connectivity index (χ3n) is 5.71. The minimum atomic E-state index is -0.276. The van der Waals surface area contributed by atoms with E-state index < -0.39 is 0 Å². The number of anilines is 1. The predicted octanol–water partition coefficient (Wildman–Crippen LogP) is 8.94. The number of nitrogens with zero attached hydrogens (tertiary/aromatic N) is 2. The van der Waals surface area contributed by atoms with Crippen LogP contribution in [0.1, 0.15) is 21.5 Å². The lowest BCUT2D eigenvalue weighted by molar-refractivity contribution is 0.0988. The standard InChI is InChI=1S/C31H20Cl3N3O2/c32-23-7-1-20(2-8-23)17-30(31(38)22-5-9-24(33)10-6-22)39-26-12-3-21(4-13-26)19-36-37-28-15-16-35-29-18-25(34)11-14-27(28)29/h1-19H,(H,35,37)/b30-17-,36-19+. The summed E-state index contributed by atoms with van der Waals surface area (Å²) in [4.78, 5) is 17.6. The first-order valence-corrected chi connectivity index (χ1v) is 13.0. The van der Waals surface area contributed by atoms with Crippen LogP contribution >= 0.6 is 34.8 Å². The van der Waals surface area contributed by atoms with E-state index in [4.69, 9.17) is 39.5 Å². The molecule has 5 nitrogen and oxygen atoms in total. The maximum Gasteiger partial charge on any atom is 0.228 e. The summed E-state index contributed by atoms with van der Waals surface area (Å²) in [6, 6.07) is 28.4. The molecule has 0 aliphatic rings. The van der Waals surface area contributed by atoms with Gasteiger partial charge in [0.25, 0.3) is 0 Å². The van der Waals surface area contributed by atoms with E-state index in [1.54, 1.807) is 73.1 Å². The van der Waals surface area contributed by atoms with Gasteiger partial charge in [-0.2, -0.15) is 5.10 Å². The topological polar surface area (TPSA) is 63.6 Å². The van der Waals surface area contributed by atoms with Crippen LogP contribution in [0.4, 0.5) is 5.69 Å². The molecule has 5 aromatic rings. The molecule has 0 spiro atoms. The number of benzene rings is 4. The van der Waals surface area contributed by atoms with Crippen LogP contribution in [0, 0.1) is 0 Å². The number of ether oxygens (including phenoxy) is 1. The molecule has 1 aromatic heterocycles. The summed E-state index contributed by atoms with van der Waals surface area (Å²) >= 11 is 18.1. The van der Waals surface area contributed by atoms with Crippen molar-refractivity contribution < 1.29 is 9.53 Å². The largest absolute Gasteiger partial charge is 0.453 e. The number of aromatic nitrogens is 1. The molecule has 39 heavy (non-hydrogen) atoms. The van der Waals surface area contributed by atoms with Gasteiger partial charge in [-0.15, -0.1) is 0 Å². The molecule has 1 N–H and O–H groups in total. The third-order valence-corrected chi connectivity index (χ3v) is 6.45. The van der Waals surface area contributed by atoms with Gasteiger partial charge in [-0.05, 0) is 102 Å². The molecule has 0 amide bonds. The Morgan fingerprint density at radius 2 is 1.41 bits per heavy atom. The van der Waals surface area contributed by atoms with E-state index in [-0.39, 0.29) is 11.5 Å². The number of pyridine rings is 1. The van der Waals surface area contributed by atoms with Crippen molar-refractivity contribution >= 4 is 69.5 Å². The number of carbonyl (C=O) groups is 1. The molecule has 192 valence electrons. The molecule has 0 saturated carbocycles. The summed E-state index contributed by atoms with van der Waals surface area (Å²) in [6.45, 7) is 0. The summed E-state index contributed by atoms with van der Waals surface area (Å²) in [7, 11) is 0. The zero-order valence-electron chi connectivity index (χ0n) is 20.3. The average Bonchev–Trinajstić information content (AvgIpc) is 2.94. The van der Waals surface area contributed by atoms with E-state index in [0.717, 1.165) is 27.7 Å². The van der Waals surface area contributed by atoms with Gasteiger partial charge in [-0.3, -0.25) is 15.2 Å². The maximum absolute atomic E-state index is 13.3. The van der Waals surface area contributed by atoms with Gasteiger partial charge < -0.3 is 4.74 Å². The van der Waals surface area contributed by atoms with Crippen LogP contribution in [0.3, 0.4) is 0 Å². The van der Waals surface area contributed by atoms with Gasteiger partial charge in [0, 0.05) is 32.2 Å². The SMILES string of the molecule is O=C(/C(=C/c1ccc(Cl)cc1)Oc1ccc(/C=N/Nc2ccnc3cc(Cl)ccc23)cc1)c1ccc(Cl)cc1. The molecule has 8 heteroatoms. The molecule has 0 saturated heterocycles. The molecule has 0 bridgehead atoms. The molecule has 0 fully saturated rings. The lowest BCUT2D eigenvalue weighted by atomic mass is 10.1. The van der Waals surface area contributed by atoms with E-state index >= 15 is 0 Å². The number of rotatable bonds is 8. The van der Waals surface area contributed by atoms with Gasteiger partial charge in [0.2, 0.25) is 5.78 Å². The Kier molecular flexibility index (Phi) is 8.23. The van der Waals surface area contributed by atoms with E-state index in [1.165, 1.54) is 0 Å². The first kappa shape index (κ1) is 26.4. The van der Waals surface area contributed by atoms with Gasteiger partial charge in [0.1, 0.15) is 5.75 Å². The highest BCUT2D eigenvalue weighted by Crippen LogP contribution is 2.25. The van der Waals surface area contributed by atoms with Gasteiger partial charge in [-0.1, -0.05) is 46.9 Å². The molecule has 1 heterocycles. The van der Waals surface area contributed by atoms with Gasteiger partial charge in [0.05, 0.1) is 17.4 Å². The molecule has 0 unspecified atom stereocenters. The summed E-state index contributed by atoms with van der Waals surface area (Å²) in [5.41, 5.74) is 6.71. The van der Waals surface area contributed by atoms with Crippen molar-refractivity contribution in [2.45, 2.75) is 0 Å². The fourth-order valence-corrected chi connectivity index (χ4v) is 4.16. The van der Waals surface area contributed by atoms with Crippen molar-refractivity contribution in [3.63, 3.8) is 0 Å². The Labute approximate surface area is 240 Å². The van der Waals surface area contributed by atoms with Crippen LogP contribution in [0.15, 0.2) is 114 Å². The van der Waals surface area contributed by atoms with Crippen molar-refractivity contribution in [2.75, 3.05) is 5.43 Å². The Bertz CT molecular complexity index is 1680. The summed E-state index contributed by atoms with van der Waals surface area (Å²) in [5.74, 6) is 0.384. The number of hydrogen-bond donors (Lipinski definition) is 1. The van der Waals surface area contributed by atoms with Crippen molar-refractivity contribution in [2.24, 2.45) is 5.10 Å². The van der Waals surface area contributed by atoms with E-state index in [2.05, 4.69) is 15.5 Å². The number of allylic oxidation sites excluding steroid dienone is 1. The Morgan fingerprint density at radius 1 is 0.769 bits per heavy atom. The summed E-state index contributed by atoms with van der Waals surface area (Å²) in [6.07, 6.45) is 5.07. The number of halogens is 3. The highest BCUT2D eigenvalue weighted by Gasteiger charge is 2.15. The van der Waals surface area contributed by atoms with Crippen molar-refractivity contribution in [1.29, 1.82) is 0 Å². The lowest BCUT2D eigenvalue weighted by Gasteiger charge is -2.10. The monoisotopic (exact) mass is 571 g/mol. The first-order valence-electron chi connectivity index (χ1n) is 11.8. The van der Waals surface area contributed by atoms with Crippen LogP contribution < -0.4 is 10.2 Å². The van der Waals surface area contributed by atoms with E-state index in [1.807, 2.05) is 42.5 Å². The zero-order chi connectivity index (χ0) is 27.2. The first-order chi connectivity index (χ1) is 18.9. The van der Waals surface area contributed by atoms with Crippen LogP contribution in [0.5, 0.6) is 5.75 Å². The summed E-state index contributed by atoms with van der Waals surface area (Å²) in [5, 5.41) is 7.03. The predicted molar refractivity (Wildman–Crippen MR) is 160 cm³/mol. The van der Waals surface area contributed by atoms with Crippen molar-refractivity contribution in [1.82, 2.24) is 4.98 Å². The highest BCUT2D eigenvalue weighted by atomic mass is 35.5. The molecule has 0 aliphatic heterocycles. The molecule has 0 radical (unpaired) electrons. The number of ketones is 1. The van der Waals surface area contributed by atoms with Crippen molar-refractivity contribution in [3.8, 4) is 5.75 Å². The van der Waals surface area contributed by atoms with Gasteiger partial charge in [-0.25, -0.2) is 0 Å². The van der Waals surface area contributed by atoms with Gasteiger partial charge >= 0.3 is 0 Å². The second-order valence-electron chi connectivity index (χ2n) is 8.46. The van der Waals surface area contributed by atoms with Crippen LogP contribution in [0.25, 0.3) is 17.0 Å². The van der Waals surface area contributed by atoms with E-state index in [0.29, 0.717) is 26.4 Å². The number of carbonyl (C=O) groups excluding carboxylic acids is 1. The second kappa shape index (κ2) is 12.1.